The summed E-state index contributed by atoms with van der Waals surface area (Å²) in [6.07, 6.45) is 1.57. The van der Waals surface area contributed by atoms with Crippen molar-refractivity contribution >= 4 is 46.2 Å². The third-order valence-electron chi connectivity index (χ3n) is 5.84. The summed E-state index contributed by atoms with van der Waals surface area (Å²) in [5, 5.41) is 14.1. The number of halogens is 1. The van der Waals surface area contributed by atoms with Crippen molar-refractivity contribution in [1.29, 1.82) is 0 Å². The number of hydrogen-bond donors (Lipinski definition) is 3. The number of aromatic nitrogens is 3. The predicted octanol–water partition coefficient (Wildman–Crippen LogP) is 3.38. The summed E-state index contributed by atoms with van der Waals surface area (Å²) in [6.45, 7) is 5.82. The molecule has 1 aliphatic rings. The minimum absolute atomic E-state index is 0.166. The van der Waals surface area contributed by atoms with Gasteiger partial charge in [0.25, 0.3) is 5.91 Å². The Morgan fingerprint density at radius 1 is 1.00 bits per heavy atom. The molecule has 0 saturated carbocycles. The van der Waals surface area contributed by atoms with E-state index in [4.69, 9.17) is 11.6 Å². The molecule has 10 heteroatoms. The number of carbonyl (C=O) groups excluding carboxylic acids is 1. The molecule has 3 aromatic rings. The molecule has 1 aromatic carbocycles. The first-order valence-electron chi connectivity index (χ1n) is 10.8. The zero-order valence-corrected chi connectivity index (χ0v) is 20.1. The molecule has 0 radical (unpaired) electrons. The zero-order chi connectivity index (χ0) is 23.5. The summed E-state index contributed by atoms with van der Waals surface area (Å²) in [5.74, 6) is 1.12. The second kappa shape index (κ2) is 9.68. The van der Waals surface area contributed by atoms with Gasteiger partial charge in [0, 0.05) is 63.8 Å². The molecule has 0 aliphatic carbocycles. The number of nitrogens with one attached hydrogen (secondary N) is 3. The van der Waals surface area contributed by atoms with E-state index in [0.717, 1.165) is 37.6 Å². The van der Waals surface area contributed by atoms with E-state index in [1.165, 1.54) is 0 Å². The van der Waals surface area contributed by atoms with Gasteiger partial charge in [-0.1, -0.05) is 11.6 Å². The number of anilines is 5. The first-order valence-corrected chi connectivity index (χ1v) is 11.2. The third-order valence-corrected chi connectivity index (χ3v) is 6.14. The molecular weight excluding hydrogens is 440 g/mol. The van der Waals surface area contributed by atoms with Crippen molar-refractivity contribution in [2.45, 2.75) is 6.92 Å². The molecule has 1 aliphatic heterocycles. The summed E-state index contributed by atoms with van der Waals surface area (Å²) >= 11 is 6.42. The fraction of sp³-hybridized carbons (Fsp3) is 0.348. The highest BCUT2D eigenvalue weighted by molar-refractivity contribution is 6.33. The van der Waals surface area contributed by atoms with Gasteiger partial charge in [-0.3, -0.25) is 9.48 Å². The van der Waals surface area contributed by atoms with Crippen molar-refractivity contribution in [2.75, 3.05) is 55.8 Å². The number of rotatable bonds is 6. The Bertz CT molecular complexity index is 1130. The van der Waals surface area contributed by atoms with Crippen molar-refractivity contribution in [3.8, 4) is 0 Å². The van der Waals surface area contributed by atoms with Gasteiger partial charge in [0.2, 0.25) is 0 Å². The van der Waals surface area contributed by atoms with Crippen LogP contribution in [0.25, 0.3) is 0 Å². The van der Waals surface area contributed by atoms with Gasteiger partial charge in [-0.15, -0.1) is 0 Å². The molecule has 33 heavy (non-hydrogen) atoms. The van der Waals surface area contributed by atoms with Crippen LogP contribution in [0.2, 0.25) is 5.02 Å². The van der Waals surface area contributed by atoms with Crippen LogP contribution in [0.3, 0.4) is 0 Å². The number of aryl methyl sites for hydroxylation is 2. The molecule has 0 atom stereocenters. The second-order valence-corrected chi connectivity index (χ2v) is 8.60. The smallest absolute Gasteiger partial charge is 0.253 e. The second-order valence-electron chi connectivity index (χ2n) is 8.19. The Labute approximate surface area is 198 Å². The standard InChI is InChI=1S/C23H29ClN8O/c1-15-11-22(29-31(15)4)28-21-13-20(18(24)14-26-21)27-19-6-5-16(12-17(19)23(33)25-2)32-9-7-30(3)8-10-32/h5-6,11-14H,7-10H2,1-4H3,(H,25,33)(H2,26,27,28,29). The first kappa shape index (κ1) is 22.9. The van der Waals surface area contributed by atoms with Crippen molar-refractivity contribution in [2.24, 2.45) is 7.05 Å². The number of carbonyl (C=O) groups is 1. The quantitative estimate of drug-likeness (QED) is 0.511. The van der Waals surface area contributed by atoms with Gasteiger partial charge in [-0.2, -0.15) is 5.10 Å². The largest absolute Gasteiger partial charge is 0.369 e. The summed E-state index contributed by atoms with van der Waals surface area (Å²) in [4.78, 5) is 21.6. The molecule has 9 nitrogen and oxygen atoms in total. The Hall–Kier alpha value is -3.30. The zero-order valence-electron chi connectivity index (χ0n) is 19.3. The van der Waals surface area contributed by atoms with E-state index in [-0.39, 0.29) is 5.91 Å². The lowest BCUT2D eigenvalue weighted by molar-refractivity contribution is 0.0964. The molecule has 0 spiro atoms. The van der Waals surface area contributed by atoms with E-state index in [1.54, 1.807) is 24.0 Å². The number of pyridine rings is 1. The molecule has 0 unspecified atom stereocenters. The molecule has 4 rings (SSSR count). The summed E-state index contributed by atoms with van der Waals surface area (Å²) in [5.41, 5.74) is 3.91. The van der Waals surface area contributed by atoms with Crippen molar-refractivity contribution in [1.82, 2.24) is 25.0 Å². The number of nitrogens with zero attached hydrogens (tertiary/aromatic N) is 5. The fourth-order valence-electron chi connectivity index (χ4n) is 3.73. The summed E-state index contributed by atoms with van der Waals surface area (Å²) in [6, 6.07) is 9.62. The van der Waals surface area contributed by atoms with Crippen LogP contribution in [-0.2, 0) is 7.05 Å². The molecule has 2 aromatic heterocycles. The molecule has 0 bridgehead atoms. The van der Waals surface area contributed by atoms with Gasteiger partial charge in [0.15, 0.2) is 5.82 Å². The lowest BCUT2D eigenvalue weighted by Crippen LogP contribution is -2.44. The molecule has 1 fully saturated rings. The van der Waals surface area contributed by atoms with Gasteiger partial charge in [-0.25, -0.2) is 4.98 Å². The molecule has 1 saturated heterocycles. The Morgan fingerprint density at radius 2 is 1.76 bits per heavy atom. The number of likely N-dealkylation sites (N-methyl/N-ethyl adjacent to an activating group) is 1. The molecule has 174 valence electrons. The van der Waals surface area contributed by atoms with Crippen LogP contribution < -0.4 is 20.9 Å². The number of benzene rings is 1. The summed E-state index contributed by atoms with van der Waals surface area (Å²) < 4.78 is 1.79. The van der Waals surface area contributed by atoms with Crippen LogP contribution in [-0.4, -0.2) is 65.8 Å². The van der Waals surface area contributed by atoms with E-state index in [2.05, 4.69) is 42.9 Å². The highest BCUT2D eigenvalue weighted by atomic mass is 35.5. The third kappa shape index (κ3) is 5.20. The van der Waals surface area contributed by atoms with Crippen molar-refractivity contribution in [3.05, 3.63) is 52.8 Å². The van der Waals surface area contributed by atoms with E-state index in [1.807, 2.05) is 38.2 Å². The molecule has 3 N–H and O–H groups in total. The maximum atomic E-state index is 12.7. The number of hydrogen-bond acceptors (Lipinski definition) is 7. The molecular formula is C23H29ClN8O. The minimum Gasteiger partial charge on any atom is -0.369 e. The van der Waals surface area contributed by atoms with Crippen molar-refractivity contribution in [3.63, 3.8) is 0 Å². The minimum atomic E-state index is -0.166. The van der Waals surface area contributed by atoms with Crippen LogP contribution in [0.1, 0.15) is 16.1 Å². The fourth-order valence-corrected chi connectivity index (χ4v) is 3.88. The Kier molecular flexibility index (Phi) is 6.71. The highest BCUT2D eigenvalue weighted by Crippen LogP contribution is 2.31. The van der Waals surface area contributed by atoms with E-state index < -0.39 is 0 Å². The number of amides is 1. The monoisotopic (exact) mass is 468 g/mol. The van der Waals surface area contributed by atoms with Crippen LogP contribution in [0.5, 0.6) is 0 Å². The molecule has 3 heterocycles. The van der Waals surface area contributed by atoms with Crippen LogP contribution in [0.15, 0.2) is 36.5 Å². The maximum Gasteiger partial charge on any atom is 0.253 e. The van der Waals surface area contributed by atoms with E-state index in [0.29, 0.717) is 33.6 Å². The van der Waals surface area contributed by atoms with E-state index >= 15 is 0 Å². The predicted molar refractivity (Wildman–Crippen MR) is 133 cm³/mol. The normalized spacial score (nSPS) is 14.3. The Morgan fingerprint density at radius 3 is 2.42 bits per heavy atom. The summed E-state index contributed by atoms with van der Waals surface area (Å²) in [7, 11) is 5.64. The van der Waals surface area contributed by atoms with Crippen LogP contribution in [0.4, 0.5) is 28.7 Å². The lowest BCUT2D eigenvalue weighted by Gasteiger charge is -2.34. The van der Waals surface area contributed by atoms with Crippen molar-refractivity contribution < 1.29 is 4.79 Å². The lowest BCUT2D eigenvalue weighted by atomic mass is 10.1. The van der Waals surface area contributed by atoms with Gasteiger partial charge in [0.05, 0.1) is 28.2 Å². The first-order chi connectivity index (χ1) is 15.8. The van der Waals surface area contributed by atoms with Gasteiger partial charge >= 0.3 is 0 Å². The van der Waals surface area contributed by atoms with Crippen LogP contribution in [0, 0.1) is 6.92 Å². The van der Waals surface area contributed by atoms with Gasteiger partial charge in [-0.05, 0) is 32.2 Å². The molecule has 1 amide bonds. The highest BCUT2D eigenvalue weighted by Gasteiger charge is 2.18. The average Bonchev–Trinajstić information content (AvgIpc) is 3.12. The van der Waals surface area contributed by atoms with Gasteiger partial charge in [0.1, 0.15) is 5.82 Å². The maximum absolute atomic E-state index is 12.7. The van der Waals surface area contributed by atoms with E-state index in [9.17, 15) is 4.79 Å². The number of piperazine rings is 1. The topological polar surface area (TPSA) is 90.4 Å². The van der Waals surface area contributed by atoms with Gasteiger partial charge < -0.3 is 25.8 Å². The Balaban J connectivity index is 1.60. The van der Waals surface area contributed by atoms with Crippen LogP contribution >= 0.6 is 11.6 Å². The average molecular weight is 469 g/mol. The SMILES string of the molecule is CNC(=O)c1cc(N2CCN(C)CC2)ccc1Nc1cc(Nc2cc(C)n(C)n2)ncc1Cl.